The van der Waals surface area contributed by atoms with E-state index in [0.29, 0.717) is 25.3 Å². The van der Waals surface area contributed by atoms with E-state index >= 15 is 0 Å². The minimum Gasteiger partial charge on any atom is -0.390 e. The van der Waals surface area contributed by atoms with Crippen molar-refractivity contribution in [3.63, 3.8) is 0 Å². The Morgan fingerprint density at radius 1 is 1.33 bits per heavy atom. The molecule has 0 unspecified atom stereocenters. The number of hydrogen-bond acceptors (Lipinski definition) is 5. The fourth-order valence-corrected chi connectivity index (χ4v) is 0.795. The summed E-state index contributed by atoms with van der Waals surface area (Å²) >= 11 is 0. The second kappa shape index (κ2) is 9.44. The fraction of sp³-hybridized carbons (Fsp3) is 0.923. The predicted molar refractivity (Wildman–Crippen MR) is 75.0 cm³/mol. The Morgan fingerprint density at radius 2 is 1.78 bits per heavy atom. The molecule has 4 N–H and O–H groups in total. The molecule has 0 aromatic carbocycles. The second-order valence-electron chi connectivity index (χ2n) is 5.06. The zero-order chi connectivity index (χ0) is 14.8. The molecule has 0 radical (unpaired) electrons. The molecule has 5 heteroatoms. The molecule has 5 nitrogen and oxygen atoms in total. The summed E-state index contributed by atoms with van der Waals surface area (Å²) in [5.41, 5.74) is 4.66. The Balaban J connectivity index is 0. The summed E-state index contributed by atoms with van der Waals surface area (Å²) in [5, 5.41) is 16.1. The van der Waals surface area contributed by atoms with Crippen molar-refractivity contribution in [3.8, 4) is 0 Å². The lowest BCUT2D eigenvalue weighted by Crippen LogP contribution is -2.27. The van der Waals surface area contributed by atoms with Gasteiger partial charge in [-0.25, -0.2) is 0 Å². The zero-order valence-electron chi connectivity index (χ0n) is 12.7. The maximum absolute atomic E-state index is 8.83. The lowest BCUT2D eigenvalue weighted by molar-refractivity contribution is -0.196. The highest BCUT2D eigenvalue weighted by molar-refractivity contribution is 5.82. The van der Waals surface area contributed by atoms with Crippen molar-refractivity contribution >= 4 is 5.71 Å². The largest absolute Gasteiger partial charge is 0.390 e. The molecule has 18 heavy (non-hydrogen) atoms. The number of nitrogens with one attached hydrogen (secondary N) is 1. The lowest BCUT2D eigenvalue weighted by Gasteiger charge is -2.21. The molecule has 0 atom stereocenters. The average Bonchev–Trinajstić information content (AvgIpc) is 2.43. The highest BCUT2D eigenvalue weighted by Crippen LogP contribution is 2.14. The van der Waals surface area contributed by atoms with Crippen LogP contribution in [0, 0.1) is 5.41 Å². The van der Waals surface area contributed by atoms with Crippen LogP contribution < -0.4 is 5.73 Å². The number of rotatable bonds is 1. The van der Waals surface area contributed by atoms with Gasteiger partial charge in [-0.3, -0.25) is 0 Å². The second-order valence-corrected chi connectivity index (χ2v) is 5.06. The summed E-state index contributed by atoms with van der Waals surface area (Å²) in [5.74, 6) is -0.497. The molecule has 1 aliphatic heterocycles. The van der Waals surface area contributed by atoms with Crippen molar-refractivity contribution in [1.29, 1.82) is 5.41 Å². The van der Waals surface area contributed by atoms with Crippen molar-refractivity contribution in [2.24, 2.45) is 5.73 Å². The zero-order valence-corrected chi connectivity index (χ0v) is 12.7. The number of ether oxygens (including phenoxy) is 2. The van der Waals surface area contributed by atoms with E-state index in [0.717, 1.165) is 6.42 Å². The maximum Gasteiger partial charge on any atom is 0.163 e. The van der Waals surface area contributed by atoms with Gasteiger partial charge in [-0.05, 0) is 41.2 Å². The Kier molecular flexibility index (Phi) is 10.4. The van der Waals surface area contributed by atoms with Crippen molar-refractivity contribution in [2.75, 3.05) is 20.3 Å². The number of nitrogens with two attached hydrogens (primary N) is 1. The van der Waals surface area contributed by atoms with Gasteiger partial charge in [-0.15, -0.1) is 0 Å². The van der Waals surface area contributed by atoms with Gasteiger partial charge < -0.3 is 25.7 Å². The van der Waals surface area contributed by atoms with Crippen molar-refractivity contribution in [2.45, 2.75) is 58.8 Å². The van der Waals surface area contributed by atoms with Crippen LogP contribution in [-0.4, -0.2) is 42.5 Å². The van der Waals surface area contributed by atoms with Gasteiger partial charge >= 0.3 is 0 Å². The Bertz CT molecular complexity index is 223. The average molecular weight is 262 g/mol. The van der Waals surface area contributed by atoms with E-state index in [4.69, 9.17) is 20.0 Å². The quantitative estimate of drug-likeness (QED) is 0.673. The van der Waals surface area contributed by atoms with E-state index in [1.54, 1.807) is 13.8 Å². The molecule has 1 aliphatic rings. The topological polar surface area (TPSA) is 88.6 Å². The Labute approximate surface area is 111 Å². The summed E-state index contributed by atoms with van der Waals surface area (Å²) in [4.78, 5) is 0. The molecule has 0 bridgehead atoms. The molecule has 0 amide bonds. The molecule has 110 valence electrons. The third-order valence-electron chi connectivity index (χ3n) is 2.31. The van der Waals surface area contributed by atoms with Gasteiger partial charge in [0, 0.05) is 12.1 Å². The van der Waals surface area contributed by atoms with Crippen LogP contribution in [0.15, 0.2) is 0 Å². The molecule has 1 heterocycles. The fourth-order valence-electron chi connectivity index (χ4n) is 0.795. The SMILES string of the molecule is CC1(C)OCCC(=N)CO1.CCC(C)(C)O.CN. The molecule has 0 saturated carbocycles. The van der Waals surface area contributed by atoms with Crippen LogP contribution in [0.4, 0.5) is 0 Å². The monoisotopic (exact) mass is 262 g/mol. The number of hydrogen-bond donors (Lipinski definition) is 3. The minimum atomic E-state index is -0.497. The molecule has 0 aliphatic carbocycles. The van der Waals surface area contributed by atoms with Crippen LogP contribution in [0.1, 0.15) is 47.5 Å². The highest BCUT2D eigenvalue weighted by atomic mass is 16.7. The summed E-state index contributed by atoms with van der Waals surface area (Å²) in [7, 11) is 1.50. The molecular formula is C13H30N2O3. The van der Waals surface area contributed by atoms with Crippen LogP contribution in [0.25, 0.3) is 0 Å². The van der Waals surface area contributed by atoms with Gasteiger partial charge in [-0.1, -0.05) is 6.92 Å². The van der Waals surface area contributed by atoms with E-state index < -0.39 is 11.4 Å². The number of aliphatic hydroxyl groups is 1. The highest BCUT2D eigenvalue weighted by Gasteiger charge is 2.22. The predicted octanol–water partition coefficient (Wildman–Crippen LogP) is 1.92. The molecule has 0 spiro atoms. The van der Waals surface area contributed by atoms with Crippen molar-refractivity contribution in [3.05, 3.63) is 0 Å². The standard InChI is InChI=1S/C7H13NO2.C5H12O.CH5N/c1-7(2)9-4-3-6(8)5-10-7;1-4-5(2,3)6;1-2/h8H,3-5H2,1-2H3;6H,4H2,1-3H3;2H2,1H3. The summed E-state index contributed by atoms with van der Waals surface area (Å²) in [6, 6.07) is 0. The van der Waals surface area contributed by atoms with E-state index in [2.05, 4.69) is 5.73 Å². The smallest absolute Gasteiger partial charge is 0.163 e. The third-order valence-corrected chi connectivity index (χ3v) is 2.31. The minimum absolute atomic E-state index is 0.410. The first-order valence-electron chi connectivity index (χ1n) is 6.30. The van der Waals surface area contributed by atoms with E-state index in [9.17, 15) is 0 Å². The van der Waals surface area contributed by atoms with Crippen LogP contribution in [-0.2, 0) is 9.47 Å². The van der Waals surface area contributed by atoms with E-state index in [1.807, 2.05) is 20.8 Å². The van der Waals surface area contributed by atoms with Crippen molar-refractivity contribution in [1.82, 2.24) is 0 Å². The summed E-state index contributed by atoms with van der Waals surface area (Å²) < 4.78 is 10.6. The first kappa shape index (κ1) is 19.8. The lowest BCUT2D eigenvalue weighted by atomic mass is 10.1. The van der Waals surface area contributed by atoms with Gasteiger partial charge in [0.25, 0.3) is 0 Å². The molecule has 1 fully saturated rings. The molecular weight excluding hydrogens is 232 g/mol. The first-order chi connectivity index (χ1) is 8.16. The summed E-state index contributed by atoms with van der Waals surface area (Å²) in [6.07, 6.45) is 1.52. The van der Waals surface area contributed by atoms with Gasteiger partial charge in [-0.2, -0.15) is 0 Å². The van der Waals surface area contributed by atoms with Crippen LogP contribution in [0.3, 0.4) is 0 Å². The maximum atomic E-state index is 8.83. The van der Waals surface area contributed by atoms with Crippen LogP contribution in [0.5, 0.6) is 0 Å². The van der Waals surface area contributed by atoms with Gasteiger partial charge in [0.05, 0.1) is 18.8 Å². The van der Waals surface area contributed by atoms with E-state index in [-0.39, 0.29) is 0 Å². The van der Waals surface area contributed by atoms with E-state index in [1.165, 1.54) is 7.05 Å². The third kappa shape index (κ3) is 13.6. The Hall–Kier alpha value is -0.490. The van der Waals surface area contributed by atoms with Crippen LogP contribution >= 0.6 is 0 Å². The Morgan fingerprint density at radius 3 is 2.17 bits per heavy atom. The normalized spacial score (nSPS) is 18.8. The van der Waals surface area contributed by atoms with Gasteiger partial charge in [0.15, 0.2) is 5.79 Å². The molecule has 0 aromatic heterocycles. The van der Waals surface area contributed by atoms with Gasteiger partial charge in [0.1, 0.15) is 0 Å². The summed E-state index contributed by atoms with van der Waals surface area (Å²) in [6.45, 7) is 10.3. The first-order valence-corrected chi connectivity index (χ1v) is 6.30. The van der Waals surface area contributed by atoms with Crippen molar-refractivity contribution < 1.29 is 14.6 Å². The molecule has 1 rings (SSSR count). The molecule has 1 saturated heterocycles. The molecule has 0 aromatic rings. The van der Waals surface area contributed by atoms with Crippen LogP contribution in [0.2, 0.25) is 0 Å². The van der Waals surface area contributed by atoms with Gasteiger partial charge in [0.2, 0.25) is 0 Å².